The Bertz CT molecular complexity index is 686. The SMILES string of the molecule is Cn1ncc2c(NC(C)(C)C3CC3)c(C(=O)O)cnc21. The third-order valence-corrected chi connectivity index (χ3v) is 4.04. The largest absolute Gasteiger partial charge is 0.478 e. The quantitative estimate of drug-likeness (QED) is 0.894. The topological polar surface area (TPSA) is 80.0 Å². The minimum Gasteiger partial charge on any atom is -0.478 e. The Morgan fingerprint density at radius 1 is 1.45 bits per heavy atom. The maximum absolute atomic E-state index is 11.4. The van der Waals surface area contributed by atoms with Gasteiger partial charge in [0.05, 0.1) is 17.3 Å². The third kappa shape index (κ3) is 2.01. The maximum Gasteiger partial charge on any atom is 0.339 e. The number of hydrogen-bond acceptors (Lipinski definition) is 4. The molecule has 1 aliphatic carbocycles. The lowest BCUT2D eigenvalue weighted by Gasteiger charge is -2.28. The van der Waals surface area contributed by atoms with Crippen LogP contribution in [0.1, 0.15) is 37.0 Å². The van der Waals surface area contributed by atoms with Crippen molar-refractivity contribution in [3.8, 4) is 0 Å². The molecule has 2 aromatic rings. The van der Waals surface area contributed by atoms with Gasteiger partial charge in [0.15, 0.2) is 5.65 Å². The van der Waals surface area contributed by atoms with Crippen LogP contribution in [-0.4, -0.2) is 31.4 Å². The van der Waals surface area contributed by atoms with Gasteiger partial charge in [0.2, 0.25) is 0 Å². The predicted molar refractivity (Wildman–Crippen MR) is 75.9 cm³/mol. The molecule has 0 atom stereocenters. The van der Waals surface area contributed by atoms with Gasteiger partial charge in [-0.05, 0) is 32.6 Å². The number of rotatable bonds is 4. The number of anilines is 1. The summed E-state index contributed by atoms with van der Waals surface area (Å²) in [5.41, 5.74) is 1.37. The van der Waals surface area contributed by atoms with Crippen LogP contribution in [0.25, 0.3) is 11.0 Å². The van der Waals surface area contributed by atoms with Gasteiger partial charge in [-0.3, -0.25) is 4.68 Å². The molecule has 1 saturated carbocycles. The zero-order valence-corrected chi connectivity index (χ0v) is 11.8. The summed E-state index contributed by atoms with van der Waals surface area (Å²) in [6.07, 6.45) is 5.44. The average Bonchev–Trinajstić information content (AvgIpc) is 3.15. The van der Waals surface area contributed by atoms with E-state index >= 15 is 0 Å². The fourth-order valence-corrected chi connectivity index (χ4v) is 2.62. The van der Waals surface area contributed by atoms with Crippen molar-refractivity contribution >= 4 is 22.7 Å². The van der Waals surface area contributed by atoms with E-state index in [-0.39, 0.29) is 11.1 Å². The molecular weight excluding hydrogens is 256 g/mol. The molecule has 2 N–H and O–H groups in total. The Balaban J connectivity index is 2.14. The van der Waals surface area contributed by atoms with Crippen molar-refractivity contribution < 1.29 is 9.90 Å². The monoisotopic (exact) mass is 274 g/mol. The smallest absolute Gasteiger partial charge is 0.339 e. The van der Waals surface area contributed by atoms with Gasteiger partial charge in [0.25, 0.3) is 0 Å². The number of aryl methyl sites for hydroxylation is 1. The molecule has 6 heteroatoms. The maximum atomic E-state index is 11.4. The van der Waals surface area contributed by atoms with Gasteiger partial charge in [0, 0.05) is 18.8 Å². The first-order valence-corrected chi connectivity index (χ1v) is 6.72. The Morgan fingerprint density at radius 3 is 2.75 bits per heavy atom. The Kier molecular flexibility index (Phi) is 2.70. The standard InChI is InChI=1S/C14H18N4O2/c1-14(2,8-4-5-8)17-11-9-7-16-18(3)12(9)15-6-10(11)13(19)20/h6-8H,4-5H2,1-3H3,(H,15,17)(H,19,20). The highest BCUT2D eigenvalue weighted by molar-refractivity contribution is 6.03. The van der Waals surface area contributed by atoms with Crippen molar-refractivity contribution in [3.05, 3.63) is 18.0 Å². The molecule has 1 fully saturated rings. The zero-order chi connectivity index (χ0) is 14.5. The number of nitrogens with one attached hydrogen (secondary N) is 1. The fourth-order valence-electron chi connectivity index (χ4n) is 2.62. The predicted octanol–water partition coefficient (Wildman–Crippen LogP) is 2.27. The summed E-state index contributed by atoms with van der Waals surface area (Å²) in [6.45, 7) is 4.22. The number of aromatic nitrogens is 3. The number of carboxylic acid groups (broad SMARTS) is 1. The molecule has 0 saturated heterocycles. The number of aromatic carboxylic acids is 1. The van der Waals surface area contributed by atoms with Crippen molar-refractivity contribution in [2.75, 3.05) is 5.32 Å². The van der Waals surface area contributed by atoms with E-state index in [0.29, 0.717) is 17.3 Å². The van der Waals surface area contributed by atoms with Crippen LogP contribution in [0.3, 0.4) is 0 Å². The average molecular weight is 274 g/mol. The molecule has 6 nitrogen and oxygen atoms in total. The lowest BCUT2D eigenvalue weighted by molar-refractivity contribution is 0.0697. The minimum absolute atomic E-state index is 0.131. The van der Waals surface area contributed by atoms with Gasteiger partial charge in [-0.2, -0.15) is 5.10 Å². The van der Waals surface area contributed by atoms with Crippen LogP contribution in [0, 0.1) is 5.92 Å². The second-order valence-electron chi connectivity index (χ2n) is 5.98. The minimum atomic E-state index is -0.975. The molecule has 2 heterocycles. The second-order valence-corrected chi connectivity index (χ2v) is 5.98. The number of pyridine rings is 1. The number of nitrogens with zero attached hydrogens (tertiary/aromatic N) is 3. The summed E-state index contributed by atoms with van der Waals surface area (Å²) in [4.78, 5) is 15.6. The Morgan fingerprint density at radius 2 is 2.15 bits per heavy atom. The summed E-state index contributed by atoms with van der Waals surface area (Å²) in [5, 5.41) is 17.7. The first kappa shape index (κ1) is 12.9. The molecule has 0 bridgehead atoms. The fraction of sp³-hybridized carbons (Fsp3) is 0.500. The first-order valence-electron chi connectivity index (χ1n) is 6.72. The van der Waals surface area contributed by atoms with Crippen molar-refractivity contribution in [2.45, 2.75) is 32.2 Å². The van der Waals surface area contributed by atoms with E-state index in [0.717, 1.165) is 5.39 Å². The lowest BCUT2D eigenvalue weighted by Crippen LogP contribution is -2.34. The van der Waals surface area contributed by atoms with E-state index in [1.165, 1.54) is 19.0 Å². The third-order valence-electron chi connectivity index (χ3n) is 4.04. The van der Waals surface area contributed by atoms with Crippen molar-refractivity contribution in [1.29, 1.82) is 0 Å². The summed E-state index contributed by atoms with van der Waals surface area (Å²) in [5.74, 6) is -0.388. The van der Waals surface area contributed by atoms with Crippen LogP contribution in [0.2, 0.25) is 0 Å². The second kappa shape index (κ2) is 4.19. The van der Waals surface area contributed by atoms with Crippen molar-refractivity contribution in [1.82, 2.24) is 14.8 Å². The van der Waals surface area contributed by atoms with Crippen LogP contribution >= 0.6 is 0 Å². The summed E-state index contributed by atoms with van der Waals surface area (Å²) >= 11 is 0. The summed E-state index contributed by atoms with van der Waals surface area (Å²) in [7, 11) is 1.80. The molecule has 0 unspecified atom stereocenters. The molecule has 0 aliphatic heterocycles. The number of carboxylic acids is 1. The van der Waals surface area contributed by atoms with Crippen LogP contribution in [-0.2, 0) is 7.05 Å². The Hall–Kier alpha value is -2.11. The van der Waals surface area contributed by atoms with E-state index in [4.69, 9.17) is 0 Å². The van der Waals surface area contributed by atoms with Gasteiger partial charge in [0.1, 0.15) is 5.56 Å². The molecule has 0 aromatic carbocycles. The number of carbonyl (C=O) groups is 1. The van der Waals surface area contributed by atoms with Gasteiger partial charge in [-0.15, -0.1) is 0 Å². The lowest BCUT2D eigenvalue weighted by atomic mass is 9.97. The normalized spacial score (nSPS) is 15.6. The highest BCUT2D eigenvalue weighted by Gasteiger charge is 2.38. The molecule has 0 radical (unpaired) electrons. The summed E-state index contributed by atoms with van der Waals surface area (Å²) < 4.78 is 1.65. The molecule has 2 aromatic heterocycles. The van der Waals surface area contributed by atoms with E-state index in [2.05, 4.69) is 29.2 Å². The molecular formula is C14H18N4O2. The molecule has 1 aliphatic rings. The van der Waals surface area contributed by atoms with Crippen molar-refractivity contribution in [3.63, 3.8) is 0 Å². The molecule has 3 rings (SSSR count). The van der Waals surface area contributed by atoms with Crippen LogP contribution < -0.4 is 5.32 Å². The molecule has 0 spiro atoms. The van der Waals surface area contributed by atoms with Gasteiger partial charge in [-0.1, -0.05) is 0 Å². The summed E-state index contributed by atoms with van der Waals surface area (Å²) in [6, 6.07) is 0. The highest BCUT2D eigenvalue weighted by Crippen LogP contribution is 2.42. The van der Waals surface area contributed by atoms with E-state index < -0.39 is 5.97 Å². The van der Waals surface area contributed by atoms with Crippen LogP contribution in [0.15, 0.2) is 12.4 Å². The van der Waals surface area contributed by atoms with E-state index in [1.54, 1.807) is 17.9 Å². The van der Waals surface area contributed by atoms with E-state index in [9.17, 15) is 9.90 Å². The Labute approximate surface area is 116 Å². The number of fused-ring (bicyclic) bond motifs is 1. The first-order chi connectivity index (χ1) is 9.40. The van der Waals surface area contributed by atoms with Crippen LogP contribution in [0.5, 0.6) is 0 Å². The zero-order valence-electron chi connectivity index (χ0n) is 11.8. The van der Waals surface area contributed by atoms with Crippen LogP contribution in [0.4, 0.5) is 5.69 Å². The molecule has 106 valence electrons. The van der Waals surface area contributed by atoms with Gasteiger partial charge < -0.3 is 10.4 Å². The van der Waals surface area contributed by atoms with Gasteiger partial charge >= 0.3 is 5.97 Å². The molecule has 20 heavy (non-hydrogen) atoms. The van der Waals surface area contributed by atoms with E-state index in [1.807, 2.05) is 0 Å². The van der Waals surface area contributed by atoms with Crippen molar-refractivity contribution in [2.24, 2.45) is 13.0 Å². The highest BCUT2D eigenvalue weighted by atomic mass is 16.4. The molecule has 0 amide bonds. The number of hydrogen-bond donors (Lipinski definition) is 2. The van der Waals surface area contributed by atoms with Gasteiger partial charge in [-0.25, -0.2) is 9.78 Å².